The minimum absolute atomic E-state index is 0.111. The van der Waals surface area contributed by atoms with Crippen LogP contribution >= 0.6 is 0 Å². The van der Waals surface area contributed by atoms with Crippen LogP contribution in [-0.2, 0) is 0 Å². The average Bonchev–Trinajstić information content (AvgIpc) is 3.06. The highest BCUT2D eigenvalue weighted by Gasteiger charge is 2.40. The van der Waals surface area contributed by atoms with Gasteiger partial charge in [0.1, 0.15) is 17.3 Å². The van der Waals surface area contributed by atoms with Gasteiger partial charge in [0.15, 0.2) is 11.7 Å². The van der Waals surface area contributed by atoms with E-state index in [1.165, 1.54) is 0 Å². The van der Waals surface area contributed by atoms with Crippen LogP contribution in [0.5, 0.6) is 0 Å². The second kappa shape index (κ2) is 8.22. The van der Waals surface area contributed by atoms with Crippen molar-refractivity contribution < 1.29 is 13.3 Å². The van der Waals surface area contributed by atoms with Gasteiger partial charge < -0.3 is 26.2 Å². The maximum Gasteiger partial charge on any atom is 0.295 e. The first-order valence-corrected chi connectivity index (χ1v) is 9.89. The predicted octanol–water partition coefficient (Wildman–Crippen LogP) is 3.48. The highest BCUT2D eigenvalue weighted by Crippen LogP contribution is 2.34. The number of anilines is 2. The number of nitrogens with zero attached hydrogens (tertiary/aromatic N) is 4. The highest BCUT2D eigenvalue weighted by molar-refractivity contribution is 5.89. The van der Waals surface area contributed by atoms with Gasteiger partial charge in [-0.3, -0.25) is 0 Å². The van der Waals surface area contributed by atoms with Crippen LogP contribution < -0.4 is 21.7 Å². The van der Waals surface area contributed by atoms with E-state index in [1.54, 1.807) is 25.3 Å². The summed E-state index contributed by atoms with van der Waals surface area (Å²) < 4.78 is 32.2. The summed E-state index contributed by atoms with van der Waals surface area (Å²) in [6.45, 7) is 11.2. The van der Waals surface area contributed by atoms with Crippen LogP contribution in [0.2, 0.25) is 0 Å². The molecule has 9 nitrogen and oxygen atoms in total. The fourth-order valence-corrected chi connectivity index (χ4v) is 2.88. The molecule has 5 N–H and O–H groups in total. The molecular weight excluding hydrogens is 406 g/mol. The van der Waals surface area contributed by atoms with Gasteiger partial charge in [0.25, 0.3) is 12.3 Å². The first kappa shape index (κ1) is 22.6. The summed E-state index contributed by atoms with van der Waals surface area (Å²) in [5, 5.41) is 12.8. The third-order valence-corrected chi connectivity index (χ3v) is 4.71. The Bertz CT molecular complexity index is 1010. The molecule has 0 bridgehead atoms. The molecule has 2 aromatic rings. The zero-order valence-corrected chi connectivity index (χ0v) is 18.4. The molecule has 1 aliphatic rings. The average molecular weight is 434 g/mol. The summed E-state index contributed by atoms with van der Waals surface area (Å²) in [4.78, 5) is 12.7. The SMILES string of the molecule is Cc1noc(-c2cnc(NC3=CC(N)(C(C)(C)C)N=C(C(F)F)N3)cc2NC(C)C)n1. The second-order valence-electron chi connectivity index (χ2n) is 8.74. The minimum Gasteiger partial charge on any atom is -0.382 e. The summed E-state index contributed by atoms with van der Waals surface area (Å²) in [6, 6.07) is 1.85. The van der Waals surface area contributed by atoms with E-state index < -0.39 is 23.3 Å². The van der Waals surface area contributed by atoms with E-state index in [0.717, 1.165) is 0 Å². The maximum atomic E-state index is 13.5. The molecule has 0 fully saturated rings. The predicted molar refractivity (Wildman–Crippen MR) is 116 cm³/mol. The van der Waals surface area contributed by atoms with E-state index in [0.29, 0.717) is 28.8 Å². The molecule has 0 aliphatic carbocycles. The lowest BCUT2D eigenvalue weighted by Crippen LogP contribution is -2.54. The van der Waals surface area contributed by atoms with Crippen LogP contribution in [0.4, 0.5) is 20.3 Å². The highest BCUT2D eigenvalue weighted by atomic mass is 19.3. The Morgan fingerprint density at radius 1 is 1.26 bits per heavy atom. The third-order valence-electron chi connectivity index (χ3n) is 4.71. The summed E-state index contributed by atoms with van der Waals surface area (Å²) in [7, 11) is 0. The van der Waals surface area contributed by atoms with Crippen LogP contribution in [-0.4, -0.2) is 39.1 Å². The monoisotopic (exact) mass is 434 g/mol. The molecule has 1 unspecified atom stereocenters. The normalized spacial score (nSPS) is 19.2. The number of halogens is 2. The van der Waals surface area contributed by atoms with Crippen molar-refractivity contribution in [2.75, 3.05) is 10.6 Å². The molecule has 168 valence electrons. The van der Waals surface area contributed by atoms with Crippen molar-refractivity contribution in [1.82, 2.24) is 20.4 Å². The largest absolute Gasteiger partial charge is 0.382 e. The van der Waals surface area contributed by atoms with Crippen LogP contribution in [0.25, 0.3) is 11.5 Å². The molecule has 1 atom stereocenters. The van der Waals surface area contributed by atoms with Gasteiger partial charge in [-0.25, -0.2) is 18.8 Å². The van der Waals surface area contributed by atoms with Gasteiger partial charge in [-0.05, 0) is 26.8 Å². The standard InChI is InChI=1S/C20H28F2N8O/c1-10(2)25-13-7-14(24-9-12(13)18-26-11(3)30-31-18)27-15-8-20(23,19(4,5)6)29-17(28-15)16(21)22/h7-10,16H,23H2,1-6H3,(H,28,29)(H2,24,25,27). The van der Waals surface area contributed by atoms with E-state index in [1.807, 2.05) is 34.6 Å². The van der Waals surface area contributed by atoms with Crippen LogP contribution in [0.15, 0.2) is 33.7 Å². The lowest BCUT2D eigenvalue weighted by Gasteiger charge is -2.39. The van der Waals surface area contributed by atoms with Crippen molar-refractivity contribution in [3.05, 3.63) is 30.0 Å². The molecule has 0 spiro atoms. The van der Waals surface area contributed by atoms with Gasteiger partial charge >= 0.3 is 0 Å². The maximum absolute atomic E-state index is 13.5. The first-order chi connectivity index (χ1) is 14.4. The molecule has 0 saturated carbocycles. The van der Waals surface area contributed by atoms with Gasteiger partial charge in [-0.2, -0.15) is 4.98 Å². The van der Waals surface area contributed by atoms with E-state index in [2.05, 4.69) is 36.1 Å². The fraction of sp³-hybridized carbons (Fsp3) is 0.500. The summed E-state index contributed by atoms with van der Waals surface area (Å²) in [6.07, 6.45) is 0.362. The topological polar surface area (TPSA) is 126 Å². The number of rotatable bonds is 6. The number of aliphatic imine (C=N–C) groups is 1. The number of amidine groups is 1. The zero-order valence-electron chi connectivity index (χ0n) is 18.4. The van der Waals surface area contributed by atoms with Crippen LogP contribution in [0.1, 0.15) is 40.4 Å². The van der Waals surface area contributed by atoms with Gasteiger partial charge in [-0.1, -0.05) is 25.9 Å². The Hall–Kier alpha value is -3.08. The molecule has 3 heterocycles. The lowest BCUT2D eigenvalue weighted by molar-refractivity contribution is 0.206. The molecule has 1 aliphatic heterocycles. The van der Waals surface area contributed by atoms with Crippen molar-refractivity contribution in [2.24, 2.45) is 16.1 Å². The van der Waals surface area contributed by atoms with Crippen molar-refractivity contribution in [3.63, 3.8) is 0 Å². The summed E-state index contributed by atoms with van der Waals surface area (Å²) >= 11 is 0. The van der Waals surface area contributed by atoms with E-state index in [9.17, 15) is 8.78 Å². The van der Waals surface area contributed by atoms with Gasteiger partial charge in [0, 0.05) is 23.7 Å². The lowest BCUT2D eigenvalue weighted by atomic mass is 9.80. The Kier molecular flexibility index (Phi) is 5.99. The summed E-state index contributed by atoms with van der Waals surface area (Å²) in [5.41, 5.74) is 5.77. The summed E-state index contributed by atoms with van der Waals surface area (Å²) in [5.74, 6) is 1.02. The number of aromatic nitrogens is 3. The zero-order chi connectivity index (χ0) is 23.0. The van der Waals surface area contributed by atoms with Gasteiger partial charge in [0.05, 0.1) is 11.3 Å². The number of nitrogens with one attached hydrogen (secondary N) is 3. The van der Waals surface area contributed by atoms with Crippen LogP contribution in [0, 0.1) is 12.3 Å². The molecule has 3 rings (SSSR count). The molecule has 0 radical (unpaired) electrons. The number of alkyl halides is 2. The molecule has 0 saturated heterocycles. The minimum atomic E-state index is -2.80. The Balaban J connectivity index is 1.96. The van der Waals surface area contributed by atoms with E-state index in [4.69, 9.17) is 10.3 Å². The number of aryl methyl sites for hydroxylation is 1. The molecule has 31 heavy (non-hydrogen) atoms. The third kappa shape index (κ3) is 4.98. The Morgan fingerprint density at radius 3 is 2.52 bits per heavy atom. The fourth-order valence-electron chi connectivity index (χ4n) is 2.88. The Morgan fingerprint density at radius 2 is 1.97 bits per heavy atom. The van der Waals surface area contributed by atoms with Crippen molar-refractivity contribution in [3.8, 4) is 11.5 Å². The smallest absolute Gasteiger partial charge is 0.295 e. The molecule has 11 heteroatoms. The molecule has 0 amide bonds. The van der Waals surface area contributed by atoms with Crippen molar-refractivity contribution in [1.29, 1.82) is 0 Å². The number of hydrogen-bond acceptors (Lipinski definition) is 9. The first-order valence-electron chi connectivity index (χ1n) is 9.89. The quantitative estimate of drug-likeness (QED) is 0.544. The molecule has 2 aromatic heterocycles. The van der Waals surface area contributed by atoms with E-state index >= 15 is 0 Å². The Labute approximate surface area is 179 Å². The second-order valence-corrected chi connectivity index (χ2v) is 8.74. The number of nitrogens with two attached hydrogens (primary N) is 1. The van der Waals surface area contributed by atoms with E-state index in [-0.39, 0.29) is 11.9 Å². The molecule has 0 aromatic carbocycles. The van der Waals surface area contributed by atoms with Crippen LogP contribution in [0.3, 0.4) is 0 Å². The van der Waals surface area contributed by atoms with Crippen molar-refractivity contribution in [2.45, 2.75) is 59.7 Å². The number of hydrogen-bond donors (Lipinski definition) is 4. The van der Waals surface area contributed by atoms with Crippen molar-refractivity contribution >= 4 is 17.3 Å². The molecular formula is C20H28F2N8O. The number of pyridine rings is 1. The van der Waals surface area contributed by atoms with Gasteiger partial charge in [-0.15, -0.1) is 0 Å². The van der Waals surface area contributed by atoms with Gasteiger partial charge in [0.2, 0.25) is 0 Å².